The first-order chi connectivity index (χ1) is 7.79. The van der Waals surface area contributed by atoms with E-state index in [0.29, 0.717) is 12.5 Å². The van der Waals surface area contributed by atoms with E-state index in [-0.39, 0.29) is 34.2 Å². The lowest BCUT2D eigenvalue weighted by atomic mass is 10.4. The summed E-state index contributed by atoms with van der Waals surface area (Å²) in [7, 11) is -3.62. The minimum Gasteiger partial charge on any atom is -0.370 e. The van der Waals surface area contributed by atoms with Crippen molar-refractivity contribution in [2.45, 2.75) is 30.6 Å². The van der Waals surface area contributed by atoms with E-state index in [1.165, 1.54) is 6.07 Å². The van der Waals surface area contributed by atoms with Crippen LogP contribution >= 0.6 is 35.3 Å². The van der Waals surface area contributed by atoms with Gasteiger partial charge in [0, 0.05) is 10.9 Å². The van der Waals surface area contributed by atoms with Gasteiger partial charge in [0.25, 0.3) is 0 Å². The topological polar surface area (TPSA) is 111 Å². The molecule has 1 aromatic rings. The molecule has 0 amide bonds. The van der Waals surface area contributed by atoms with E-state index in [2.05, 4.69) is 10.3 Å². The predicted molar refractivity (Wildman–Crippen MR) is 84.7 cm³/mol. The van der Waals surface area contributed by atoms with E-state index in [0.717, 1.165) is 16.2 Å². The second kappa shape index (κ2) is 7.26. The quantitative estimate of drug-likeness (QED) is 0.392. The predicted octanol–water partition coefficient (Wildman–Crippen LogP) is 0.826. The number of hydrogen-bond donors (Lipinski definition) is 3. The summed E-state index contributed by atoms with van der Waals surface area (Å²) in [5, 5.41) is 7.94. The maximum atomic E-state index is 11.0. The molecule has 0 aromatic carbocycles. The first kappa shape index (κ1) is 17.6. The summed E-state index contributed by atoms with van der Waals surface area (Å²) in [5.41, 5.74) is 5.62. The molecule has 1 aromatic heterocycles. The van der Waals surface area contributed by atoms with Crippen LogP contribution in [0.1, 0.15) is 18.7 Å². The summed E-state index contributed by atoms with van der Waals surface area (Å²) in [6.45, 7) is 4.24. The van der Waals surface area contributed by atoms with Crippen LogP contribution in [0.5, 0.6) is 0 Å². The average molecular weight is 404 g/mol. The van der Waals surface area contributed by atoms with Crippen LogP contribution in [0.2, 0.25) is 0 Å². The molecule has 0 saturated heterocycles. The number of rotatable bonds is 4. The van der Waals surface area contributed by atoms with Gasteiger partial charge in [-0.05, 0) is 26.0 Å². The third-order valence-electron chi connectivity index (χ3n) is 1.76. The molecule has 0 aliphatic rings. The molecule has 0 radical (unpaired) electrons. The van der Waals surface area contributed by atoms with E-state index in [9.17, 15) is 8.42 Å². The number of hydrogen-bond acceptors (Lipinski definition) is 4. The fraction of sp³-hybridized carbons (Fsp3) is 0.444. The molecule has 0 fully saturated rings. The van der Waals surface area contributed by atoms with Crippen molar-refractivity contribution in [3.8, 4) is 0 Å². The van der Waals surface area contributed by atoms with Crippen LogP contribution < -0.4 is 16.2 Å². The molecule has 0 bridgehead atoms. The van der Waals surface area contributed by atoms with Crippen LogP contribution in [0.15, 0.2) is 21.3 Å². The second-order valence-corrected chi connectivity index (χ2v) is 6.72. The number of guanidine groups is 1. The minimum atomic E-state index is -3.62. The van der Waals surface area contributed by atoms with Gasteiger partial charge in [-0.1, -0.05) is 0 Å². The maximum absolute atomic E-state index is 11.0. The van der Waals surface area contributed by atoms with Crippen molar-refractivity contribution in [3.05, 3.63) is 17.0 Å². The molecule has 6 nitrogen and oxygen atoms in total. The van der Waals surface area contributed by atoms with Gasteiger partial charge in [0.1, 0.15) is 4.21 Å². The third kappa shape index (κ3) is 5.98. The number of primary sulfonamides is 1. The highest BCUT2D eigenvalue weighted by atomic mass is 127. The SMILES string of the molecule is CC(C)NC(N)=NCc1ccc(S(N)(=O)=O)s1.I. The van der Waals surface area contributed by atoms with E-state index in [1.807, 2.05) is 13.8 Å². The van der Waals surface area contributed by atoms with Gasteiger partial charge in [-0.15, -0.1) is 35.3 Å². The smallest absolute Gasteiger partial charge is 0.247 e. The molecule has 5 N–H and O–H groups in total. The number of thiophene rings is 1. The summed E-state index contributed by atoms with van der Waals surface area (Å²) >= 11 is 1.10. The molecule has 0 aliphatic heterocycles. The fourth-order valence-electron chi connectivity index (χ4n) is 1.10. The number of aliphatic imine (C=N–C) groups is 1. The molecular formula is C9H17IN4O2S2. The van der Waals surface area contributed by atoms with Gasteiger partial charge in [-0.25, -0.2) is 18.5 Å². The summed E-state index contributed by atoms with van der Waals surface area (Å²) in [4.78, 5) is 4.88. The molecule has 0 unspecified atom stereocenters. The van der Waals surface area contributed by atoms with E-state index >= 15 is 0 Å². The zero-order chi connectivity index (χ0) is 13.1. The zero-order valence-electron chi connectivity index (χ0n) is 10.1. The van der Waals surface area contributed by atoms with Gasteiger partial charge in [-0.2, -0.15) is 0 Å². The molecular weight excluding hydrogens is 387 g/mol. The molecule has 1 heterocycles. The molecule has 18 heavy (non-hydrogen) atoms. The monoisotopic (exact) mass is 404 g/mol. The highest BCUT2D eigenvalue weighted by Gasteiger charge is 2.10. The molecule has 9 heteroatoms. The molecule has 0 saturated carbocycles. The Morgan fingerprint density at radius 1 is 1.50 bits per heavy atom. The number of nitrogens with one attached hydrogen (secondary N) is 1. The van der Waals surface area contributed by atoms with Crippen molar-refractivity contribution in [3.63, 3.8) is 0 Å². The molecule has 1 rings (SSSR count). The maximum Gasteiger partial charge on any atom is 0.247 e. The van der Waals surface area contributed by atoms with Crippen LogP contribution in [0.25, 0.3) is 0 Å². The average Bonchev–Trinajstić information content (AvgIpc) is 2.61. The van der Waals surface area contributed by atoms with Crippen molar-refractivity contribution >= 4 is 51.3 Å². The third-order valence-corrected chi connectivity index (χ3v) is 4.27. The fourth-order valence-corrected chi connectivity index (χ4v) is 2.80. The van der Waals surface area contributed by atoms with Gasteiger partial charge >= 0.3 is 0 Å². The van der Waals surface area contributed by atoms with Crippen molar-refractivity contribution in [1.29, 1.82) is 0 Å². The Balaban J connectivity index is 0.00000289. The summed E-state index contributed by atoms with van der Waals surface area (Å²) < 4.78 is 22.2. The Bertz CT molecular complexity index is 510. The lowest BCUT2D eigenvalue weighted by Gasteiger charge is -2.07. The van der Waals surface area contributed by atoms with E-state index < -0.39 is 10.0 Å². The first-order valence-corrected chi connectivity index (χ1v) is 7.33. The van der Waals surface area contributed by atoms with E-state index in [1.54, 1.807) is 6.07 Å². The standard InChI is InChI=1S/C9H16N4O2S2.HI/c1-6(2)13-9(10)12-5-7-3-4-8(16-7)17(11,14)15;/h3-4,6H,5H2,1-2H3,(H3,10,12,13)(H2,11,14,15);1H. The van der Waals surface area contributed by atoms with Gasteiger partial charge in [0.05, 0.1) is 6.54 Å². The molecule has 104 valence electrons. The highest BCUT2D eigenvalue weighted by Crippen LogP contribution is 2.20. The summed E-state index contributed by atoms with van der Waals surface area (Å²) in [5.74, 6) is 0.338. The van der Waals surface area contributed by atoms with Crippen molar-refractivity contribution in [2.24, 2.45) is 15.9 Å². The highest BCUT2D eigenvalue weighted by molar-refractivity contribution is 14.0. The molecule has 0 aliphatic carbocycles. The van der Waals surface area contributed by atoms with Gasteiger partial charge in [-0.3, -0.25) is 0 Å². The largest absolute Gasteiger partial charge is 0.370 e. The summed E-state index contributed by atoms with van der Waals surface area (Å²) in [6.07, 6.45) is 0. The Morgan fingerprint density at radius 2 is 2.11 bits per heavy atom. The Morgan fingerprint density at radius 3 is 2.56 bits per heavy atom. The number of nitrogens with zero attached hydrogens (tertiary/aromatic N) is 1. The number of halogens is 1. The summed E-state index contributed by atoms with van der Waals surface area (Å²) in [6, 6.07) is 3.36. The lowest BCUT2D eigenvalue weighted by molar-refractivity contribution is 0.600. The van der Waals surface area contributed by atoms with Crippen molar-refractivity contribution in [2.75, 3.05) is 0 Å². The Hall–Kier alpha value is -0.390. The Labute approximate surface area is 128 Å². The van der Waals surface area contributed by atoms with Gasteiger partial charge in [0.2, 0.25) is 10.0 Å². The first-order valence-electron chi connectivity index (χ1n) is 4.97. The van der Waals surface area contributed by atoms with Crippen LogP contribution in [0.4, 0.5) is 0 Å². The van der Waals surface area contributed by atoms with Crippen LogP contribution in [0.3, 0.4) is 0 Å². The van der Waals surface area contributed by atoms with Crippen LogP contribution in [-0.4, -0.2) is 20.4 Å². The Kier molecular flexibility index (Phi) is 7.10. The van der Waals surface area contributed by atoms with Crippen molar-refractivity contribution < 1.29 is 8.42 Å². The number of nitrogens with two attached hydrogens (primary N) is 2. The van der Waals surface area contributed by atoms with Gasteiger partial charge in [0.15, 0.2) is 5.96 Å². The lowest BCUT2D eigenvalue weighted by Crippen LogP contribution is -2.36. The second-order valence-electron chi connectivity index (χ2n) is 3.77. The number of sulfonamides is 1. The molecule has 0 atom stereocenters. The minimum absolute atomic E-state index is 0. The van der Waals surface area contributed by atoms with Crippen LogP contribution in [-0.2, 0) is 16.6 Å². The zero-order valence-corrected chi connectivity index (χ0v) is 14.0. The van der Waals surface area contributed by atoms with Crippen molar-refractivity contribution in [1.82, 2.24) is 5.32 Å². The molecule has 0 spiro atoms. The normalized spacial score (nSPS) is 12.3. The van der Waals surface area contributed by atoms with Crippen LogP contribution in [0, 0.1) is 0 Å². The van der Waals surface area contributed by atoms with Gasteiger partial charge < -0.3 is 11.1 Å². The van der Waals surface area contributed by atoms with E-state index in [4.69, 9.17) is 10.9 Å².